The van der Waals surface area contributed by atoms with Crippen LogP contribution in [0.4, 0.5) is 0 Å². The SMILES string of the molecule is CC(C)n1nnc(Cl)n1. The van der Waals surface area contributed by atoms with Gasteiger partial charge in [0.25, 0.3) is 5.28 Å². The molecule has 1 aromatic rings. The lowest BCUT2D eigenvalue weighted by Gasteiger charge is -1.97. The van der Waals surface area contributed by atoms with Gasteiger partial charge in [-0.15, -0.1) is 5.10 Å². The predicted molar refractivity (Wildman–Crippen MR) is 33.2 cm³/mol. The van der Waals surface area contributed by atoms with E-state index in [1.165, 1.54) is 4.80 Å². The summed E-state index contributed by atoms with van der Waals surface area (Å²) in [5.74, 6) is 0. The summed E-state index contributed by atoms with van der Waals surface area (Å²) in [6, 6.07) is 0.227. The number of halogens is 1. The Morgan fingerprint density at radius 3 is 2.44 bits per heavy atom. The van der Waals surface area contributed by atoms with Crippen LogP contribution in [0.15, 0.2) is 0 Å². The topological polar surface area (TPSA) is 43.6 Å². The van der Waals surface area contributed by atoms with Crippen molar-refractivity contribution in [2.24, 2.45) is 0 Å². The van der Waals surface area contributed by atoms with Crippen molar-refractivity contribution < 1.29 is 0 Å². The number of hydrogen-bond donors (Lipinski definition) is 0. The molecular weight excluding hydrogens is 140 g/mol. The van der Waals surface area contributed by atoms with E-state index >= 15 is 0 Å². The van der Waals surface area contributed by atoms with Crippen molar-refractivity contribution in [1.29, 1.82) is 0 Å². The van der Waals surface area contributed by atoms with Crippen LogP contribution < -0.4 is 0 Å². The van der Waals surface area contributed by atoms with Crippen molar-refractivity contribution in [3.05, 3.63) is 5.28 Å². The summed E-state index contributed by atoms with van der Waals surface area (Å²) in [5, 5.41) is 11.1. The molecule has 9 heavy (non-hydrogen) atoms. The molecule has 0 N–H and O–H groups in total. The molecule has 5 heteroatoms. The minimum atomic E-state index is 0.198. The smallest absolute Gasteiger partial charge is 0.160 e. The Morgan fingerprint density at radius 2 is 2.22 bits per heavy atom. The molecule has 0 saturated carbocycles. The fourth-order valence-electron chi connectivity index (χ4n) is 0.426. The molecule has 50 valence electrons. The van der Waals surface area contributed by atoms with Gasteiger partial charge in [0.1, 0.15) is 0 Å². The normalized spacial score (nSPS) is 10.7. The summed E-state index contributed by atoms with van der Waals surface area (Å²) < 4.78 is 0. The van der Waals surface area contributed by atoms with E-state index in [4.69, 9.17) is 11.6 Å². The molecule has 0 amide bonds. The first-order valence-corrected chi connectivity index (χ1v) is 3.03. The summed E-state index contributed by atoms with van der Waals surface area (Å²) in [4.78, 5) is 1.46. The Hall–Kier alpha value is -0.640. The molecule has 1 rings (SSSR count). The van der Waals surface area contributed by atoms with Gasteiger partial charge in [0.05, 0.1) is 6.04 Å². The van der Waals surface area contributed by atoms with E-state index in [1.807, 2.05) is 13.8 Å². The molecule has 0 fully saturated rings. The zero-order chi connectivity index (χ0) is 6.85. The van der Waals surface area contributed by atoms with Crippen molar-refractivity contribution in [2.75, 3.05) is 0 Å². The molecule has 0 radical (unpaired) electrons. The van der Waals surface area contributed by atoms with Gasteiger partial charge >= 0.3 is 0 Å². The highest BCUT2D eigenvalue weighted by Crippen LogP contribution is 2.00. The van der Waals surface area contributed by atoms with Gasteiger partial charge in [-0.2, -0.15) is 4.80 Å². The van der Waals surface area contributed by atoms with Gasteiger partial charge < -0.3 is 0 Å². The third-order valence-corrected chi connectivity index (χ3v) is 1.02. The van der Waals surface area contributed by atoms with Crippen LogP contribution >= 0.6 is 11.6 Å². The third-order valence-electron chi connectivity index (χ3n) is 0.866. The Balaban J connectivity index is 2.85. The first-order valence-electron chi connectivity index (χ1n) is 2.65. The minimum Gasteiger partial charge on any atom is -0.160 e. The summed E-state index contributed by atoms with van der Waals surface area (Å²) in [7, 11) is 0. The van der Waals surface area contributed by atoms with Gasteiger partial charge in [-0.3, -0.25) is 0 Å². The second kappa shape index (κ2) is 2.31. The van der Waals surface area contributed by atoms with Gasteiger partial charge in [0.15, 0.2) is 0 Å². The molecule has 1 aromatic heterocycles. The van der Waals surface area contributed by atoms with Crippen molar-refractivity contribution in [3.63, 3.8) is 0 Å². The lowest BCUT2D eigenvalue weighted by molar-refractivity contribution is 0.455. The highest BCUT2D eigenvalue weighted by molar-refractivity contribution is 6.28. The van der Waals surface area contributed by atoms with Crippen molar-refractivity contribution in [3.8, 4) is 0 Å². The molecule has 0 bridgehead atoms. The van der Waals surface area contributed by atoms with Gasteiger partial charge in [0, 0.05) is 0 Å². The average molecular weight is 147 g/mol. The largest absolute Gasteiger partial charge is 0.264 e. The Labute approximate surface area is 57.8 Å². The number of aromatic nitrogens is 4. The van der Waals surface area contributed by atoms with Gasteiger partial charge in [0.2, 0.25) is 0 Å². The van der Waals surface area contributed by atoms with Crippen LogP contribution in [0.2, 0.25) is 5.28 Å². The number of rotatable bonds is 1. The van der Waals surface area contributed by atoms with Crippen LogP contribution in [0.25, 0.3) is 0 Å². The van der Waals surface area contributed by atoms with Gasteiger partial charge in [-0.05, 0) is 30.7 Å². The van der Waals surface area contributed by atoms with E-state index in [2.05, 4.69) is 15.4 Å². The maximum absolute atomic E-state index is 5.40. The summed E-state index contributed by atoms with van der Waals surface area (Å²) in [5.41, 5.74) is 0. The zero-order valence-electron chi connectivity index (χ0n) is 5.24. The number of hydrogen-bond acceptors (Lipinski definition) is 3. The second-order valence-electron chi connectivity index (χ2n) is 1.97. The average Bonchev–Trinajstić information content (AvgIpc) is 2.14. The molecular formula is C4H7ClN4. The van der Waals surface area contributed by atoms with Crippen LogP contribution in [0.5, 0.6) is 0 Å². The Morgan fingerprint density at radius 1 is 1.56 bits per heavy atom. The van der Waals surface area contributed by atoms with Crippen LogP contribution in [-0.4, -0.2) is 20.2 Å². The first-order chi connectivity index (χ1) is 4.20. The molecule has 0 aliphatic carbocycles. The number of tetrazole rings is 1. The summed E-state index contributed by atoms with van der Waals surface area (Å²) >= 11 is 5.40. The molecule has 4 nitrogen and oxygen atoms in total. The van der Waals surface area contributed by atoms with E-state index in [0.29, 0.717) is 0 Å². The summed E-state index contributed by atoms with van der Waals surface area (Å²) in [6.45, 7) is 3.91. The minimum absolute atomic E-state index is 0.198. The van der Waals surface area contributed by atoms with E-state index in [-0.39, 0.29) is 11.3 Å². The lowest BCUT2D eigenvalue weighted by Crippen LogP contribution is -2.04. The molecule has 0 unspecified atom stereocenters. The molecule has 0 aromatic carbocycles. The molecule has 1 heterocycles. The fraction of sp³-hybridized carbons (Fsp3) is 0.750. The standard InChI is InChI=1S/C4H7ClN4/c1-3(2)9-7-4(5)6-8-9/h3H,1-2H3. The third kappa shape index (κ3) is 1.38. The van der Waals surface area contributed by atoms with Crippen LogP contribution in [0.1, 0.15) is 19.9 Å². The molecule has 0 aliphatic heterocycles. The lowest BCUT2D eigenvalue weighted by atomic mass is 10.4. The van der Waals surface area contributed by atoms with E-state index in [0.717, 1.165) is 0 Å². The van der Waals surface area contributed by atoms with Crippen LogP contribution in [0, 0.1) is 0 Å². The zero-order valence-corrected chi connectivity index (χ0v) is 6.00. The molecule has 0 spiro atoms. The van der Waals surface area contributed by atoms with E-state index in [1.54, 1.807) is 0 Å². The Kier molecular flexibility index (Phi) is 1.66. The van der Waals surface area contributed by atoms with Gasteiger partial charge in [-0.25, -0.2) is 0 Å². The predicted octanol–water partition coefficient (Wildman–Crippen LogP) is 0.907. The maximum atomic E-state index is 5.40. The molecule has 0 saturated heterocycles. The van der Waals surface area contributed by atoms with Gasteiger partial charge in [-0.1, -0.05) is 5.10 Å². The van der Waals surface area contributed by atoms with E-state index in [9.17, 15) is 0 Å². The van der Waals surface area contributed by atoms with E-state index < -0.39 is 0 Å². The Bertz CT molecular complexity index is 194. The van der Waals surface area contributed by atoms with Crippen molar-refractivity contribution in [2.45, 2.75) is 19.9 Å². The quantitative estimate of drug-likeness (QED) is 0.592. The second-order valence-corrected chi connectivity index (χ2v) is 2.31. The first kappa shape index (κ1) is 6.48. The summed E-state index contributed by atoms with van der Waals surface area (Å²) in [6.07, 6.45) is 0. The van der Waals surface area contributed by atoms with Crippen LogP contribution in [0.3, 0.4) is 0 Å². The van der Waals surface area contributed by atoms with Crippen molar-refractivity contribution in [1.82, 2.24) is 20.2 Å². The highest BCUT2D eigenvalue weighted by atomic mass is 35.5. The highest BCUT2D eigenvalue weighted by Gasteiger charge is 2.00. The monoisotopic (exact) mass is 146 g/mol. The van der Waals surface area contributed by atoms with Crippen molar-refractivity contribution >= 4 is 11.6 Å². The number of nitrogens with zero attached hydrogens (tertiary/aromatic N) is 4. The maximum Gasteiger partial charge on any atom is 0.264 e. The van der Waals surface area contributed by atoms with Crippen LogP contribution in [-0.2, 0) is 0 Å². The molecule has 0 atom stereocenters. The fourth-order valence-corrected chi connectivity index (χ4v) is 0.537. The molecule has 0 aliphatic rings.